The highest BCUT2D eigenvalue weighted by atomic mass is 16.5. The summed E-state index contributed by atoms with van der Waals surface area (Å²) in [5.74, 6) is 2.54. The summed E-state index contributed by atoms with van der Waals surface area (Å²) in [5.41, 5.74) is 7.51. The molecule has 0 atom stereocenters. The monoisotopic (exact) mass is 470 g/mol. The molecule has 4 aromatic rings. The molecule has 0 aliphatic heterocycles. The fourth-order valence-corrected chi connectivity index (χ4v) is 5.68. The third-order valence-electron chi connectivity index (χ3n) is 7.25. The number of fused-ring (bicyclic) bond motifs is 5. The minimum Gasteiger partial charge on any atom is -0.507 e. The fraction of sp³-hybridized carbons (Fsp3) is 0.267. The van der Waals surface area contributed by atoms with Crippen LogP contribution in [0.1, 0.15) is 30.5 Å². The van der Waals surface area contributed by atoms with E-state index >= 15 is 0 Å². The van der Waals surface area contributed by atoms with Crippen LogP contribution in [0.2, 0.25) is 0 Å². The van der Waals surface area contributed by atoms with Crippen LogP contribution < -0.4 is 18.9 Å². The molecule has 0 bridgehead atoms. The molecule has 1 N–H and O–H groups in total. The van der Waals surface area contributed by atoms with Gasteiger partial charge < -0.3 is 24.1 Å². The Morgan fingerprint density at radius 2 is 1.37 bits per heavy atom. The minimum absolute atomic E-state index is 0.228. The van der Waals surface area contributed by atoms with Crippen molar-refractivity contribution in [2.24, 2.45) is 0 Å². The van der Waals surface area contributed by atoms with Crippen LogP contribution in [0.5, 0.6) is 28.7 Å². The first-order chi connectivity index (χ1) is 16.8. The van der Waals surface area contributed by atoms with E-state index in [-0.39, 0.29) is 11.2 Å². The lowest BCUT2D eigenvalue weighted by Gasteiger charge is -2.24. The maximum Gasteiger partial charge on any atom is 0.203 e. The molecule has 0 saturated carbocycles. The van der Waals surface area contributed by atoms with Crippen LogP contribution in [-0.4, -0.2) is 33.5 Å². The van der Waals surface area contributed by atoms with E-state index in [1.807, 2.05) is 24.3 Å². The van der Waals surface area contributed by atoms with Crippen LogP contribution in [0, 0.1) is 6.92 Å². The number of ether oxygens (including phenoxy) is 4. The molecule has 5 heteroatoms. The van der Waals surface area contributed by atoms with Crippen LogP contribution in [0.4, 0.5) is 0 Å². The van der Waals surface area contributed by atoms with E-state index in [1.165, 1.54) is 16.7 Å². The highest BCUT2D eigenvalue weighted by Crippen LogP contribution is 2.55. The van der Waals surface area contributed by atoms with Gasteiger partial charge in [0, 0.05) is 16.4 Å². The second-order valence-corrected chi connectivity index (χ2v) is 9.45. The number of rotatable bonds is 5. The van der Waals surface area contributed by atoms with Crippen molar-refractivity contribution in [2.45, 2.75) is 26.2 Å². The second-order valence-electron chi connectivity index (χ2n) is 9.45. The van der Waals surface area contributed by atoms with Gasteiger partial charge in [0.2, 0.25) is 5.75 Å². The number of aromatic hydroxyl groups is 1. The van der Waals surface area contributed by atoms with Crippen molar-refractivity contribution in [2.75, 3.05) is 28.4 Å². The van der Waals surface area contributed by atoms with Crippen LogP contribution in [-0.2, 0) is 5.41 Å². The van der Waals surface area contributed by atoms with Crippen molar-refractivity contribution in [1.29, 1.82) is 0 Å². The number of aryl methyl sites for hydroxylation is 1. The van der Waals surface area contributed by atoms with Crippen molar-refractivity contribution in [3.8, 4) is 51.0 Å². The van der Waals surface area contributed by atoms with E-state index in [9.17, 15) is 5.11 Å². The van der Waals surface area contributed by atoms with Gasteiger partial charge in [-0.1, -0.05) is 32.0 Å². The number of methoxy groups -OCH3 is 4. The Balaban J connectivity index is 1.88. The summed E-state index contributed by atoms with van der Waals surface area (Å²) in [7, 11) is 6.43. The molecular formula is C30H30O5. The third kappa shape index (κ3) is 3.22. The van der Waals surface area contributed by atoms with E-state index in [0.29, 0.717) is 23.0 Å². The van der Waals surface area contributed by atoms with Gasteiger partial charge in [-0.05, 0) is 76.0 Å². The van der Waals surface area contributed by atoms with Gasteiger partial charge in [-0.3, -0.25) is 0 Å². The summed E-state index contributed by atoms with van der Waals surface area (Å²) in [5, 5.41) is 12.8. The standard InChI is InChI=1S/C30H30O5/c1-16-9-8-10-18-27-21-13-19(17-11-25(33-5)29(35-7)26(12-17)34-6)24(32-4)14-20(21)23(31)15-22(27)30(2,3)28(16)18/h8-15,31H,1-7H3. The van der Waals surface area contributed by atoms with Gasteiger partial charge in [-0.15, -0.1) is 0 Å². The van der Waals surface area contributed by atoms with Crippen molar-refractivity contribution < 1.29 is 24.1 Å². The molecule has 0 radical (unpaired) electrons. The summed E-state index contributed by atoms with van der Waals surface area (Å²) in [4.78, 5) is 0. The zero-order valence-corrected chi connectivity index (χ0v) is 21.2. The number of hydrogen-bond acceptors (Lipinski definition) is 5. The molecule has 0 spiro atoms. The Hall–Kier alpha value is -3.86. The Morgan fingerprint density at radius 1 is 0.714 bits per heavy atom. The second kappa shape index (κ2) is 8.12. The zero-order valence-electron chi connectivity index (χ0n) is 21.2. The van der Waals surface area contributed by atoms with Crippen LogP contribution in [0.25, 0.3) is 33.0 Å². The Morgan fingerprint density at radius 3 is 1.97 bits per heavy atom. The van der Waals surface area contributed by atoms with Crippen LogP contribution in [0.3, 0.4) is 0 Å². The number of hydrogen-bond donors (Lipinski definition) is 1. The molecule has 0 unspecified atom stereocenters. The normalized spacial score (nSPS) is 13.3. The number of benzene rings is 4. The summed E-state index contributed by atoms with van der Waals surface area (Å²) in [6, 6.07) is 16.2. The number of phenolic OH excluding ortho intramolecular Hbond substituents is 1. The molecule has 5 nitrogen and oxygen atoms in total. The third-order valence-corrected chi connectivity index (χ3v) is 7.25. The van der Waals surface area contributed by atoms with Crippen molar-refractivity contribution in [1.82, 2.24) is 0 Å². The predicted octanol–water partition coefficient (Wildman–Crippen LogP) is 6.86. The van der Waals surface area contributed by atoms with Gasteiger partial charge in [0.05, 0.1) is 28.4 Å². The molecule has 35 heavy (non-hydrogen) atoms. The average molecular weight is 471 g/mol. The maximum atomic E-state index is 11.1. The maximum absolute atomic E-state index is 11.1. The molecule has 1 aliphatic rings. The van der Waals surface area contributed by atoms with E-state index in [2.05, 4.69) is 45.0 Å². The molecule has 0 heterocycles. The topological polar surface area (TPSA) is 57.2 Å². The average Bonchev–Trinajstić information content (AvgIpc) is 3.09. The van der Waals surface area contributed by atoms with Crippen molar-refractivity contribution >= 4 is 10.8 Å². The highest BCUT2D eigenvalue weighted by molar-refractivity contribution is 6.08. The Kier molecular flexibility index (Phi) is 5.32. The lowest BCUT2D eigenvalue weighted by Crippen LogP contribution is -2.16. The summed E-state index contributed by atoms with van der Waals surface area (Å²) in [6.45, 7) is 6.60. The van der Waals surface area contributed by atoms with Crippen molar-refractivity contribution in [3.05, 3.63) is 65.2 Å². The Bertz CT molecular complexity index is 1460. The summed E-state index contributed by atoms with van der Waals surface area (Å²) in [6.07, 6.45) is 0. The molecule has 180 valence electrons. The first kappa shape index (κ1) is 22.9. The zero-order chi connectivity index (χ0) is 25.1. The molecular weight excluding hydrogens is 440 g/mol. The number of phenols is 1. The molecule has 0 amide bonds. The van der Waals surface area contributed by atoms with E-state index in [4.69, 9.17) is 18.9 Å². The molecule has 1 aliphatic carbocycles. The molecule has 0 aromatic heterocycles. The van der Waals surface area contributed by atoms with Crippen molar-refractivity contribution in [3.63, 3.8) is 0 Å². The lowest BCUT2D eigenvalue weighted by molar-refractivity contribution is 0.324. The summed E-state index contributed by atoms with van der Waals surface area (Å²) < 4.78 is 22.5. The molecule has 0 fully saturated rings. The van der Waals surface area contributed by atoms with Crippen LogP contribution in [0.15, 0.2) is 48.5 Å². The van der Waals surface area contributed by atoms with Gasteiger partial charge in [-0.25, -0.2) is 0 Å². The van der Waals surface area contributed by atoms with Gasteiger partial charge in [0.25, 0.3) is 0 Å². The minimum atomic E-state index is -0.228. The van der Waals surface area contributed by atoms with Gasteiger partial charge in [0.1, 0.15) is 11.5 Å². The SMILES string of the molecule is COc1cc2c(O)cc3c(c2cc1-c1cc(OC)c(OC)c(OC)c1)-c1cccc(C)c1C3(C)C. The Labute approximate surface area is 205 Å². The largest absolute Gasteiger partial charge is 0.507 e. The summed E-state index contributed by atoms with van der Waals surface area (Å²) >= 11 is 0. The molecule has 5 rings (SSSR count). The fourth-order valence-electron chi connectivity index (χ4n) is 5.68. The predicted molar refractivity (Wildman–Crippen MR) is 140 cm³/mol. The lowest BCUT2D eigenvalue weighted by atomic mass is 9.80. The van der Waals surface area contributed by atoms with Gasteiger partial charge in [-0.2, -0.15) is 0 Å². The van der Waals surface area contributed by atoms with E-state index in [1.54, 1.807) is 28.4 Å². The van der Waals surface area contributed by atoms with Crippen LogP contribution >= 0.6 is 0 Å². The molecule has 4 aromatic carbocycles. The highest BCUT2D eigenvalue weighted by Gasteiger charge is 2.38. The first-order valence-corrected chi connectivity index (χ1v) is 11.6. The smallest absolute Gasteiger partial charge is 0.203 e. The quantitative estimate of drug-likeness (QED) is 0.345. The van der Waals surface area contributed by atoms with E-state index < -0.39 is 0 Å². The van der Waals surface area contributed by atoms with E-state index in [0.717, 1.165) is 33.0 Å². The first-order valence-electron chi connectivity index (χ1n) is 11.6. The molecule has 0 saturated heterocycles. The van der Waals surface area contributed by atoms with Gasteiger partial charge >= 0.3 is 0 Å². The van der Waals surface area contributed by atoms with Gasteiger partial charge in [0.15, 0.2) is 11.5 Å².